The first-order valence-electron chi connectivity index (χ1n) is 14.1. The molecule has 0 aliphatic rings. The first-order valence-corrected chi connectivity index (χ1v) is 16.3. The molecule has 0 bridgehead atoms. The highest BCUT2D eigenvalue weighted by atomic mass is 28.3. The molecule has 0 spiro atoms. The van der Waals surface area contributed by atoms with Crippen molar-refractivity contribution in [3.8, 4) is 17.1 Å². The maximum absolute atomic E-state index is 6.19. The fourth-order valence-electron chi connectivity index (χ4n) is 6.55. The summed E-state index contributed by atoms with van der Waals surface area (Å²) in [6.45, 7) is 14.8. The van der Waals surface area contributed by atoms with Crippen LogP contribution in [-0.4, -0.2) is 27.4 Å². The summed E-state index contributed by atoms with van der Waals surface area (Å²) in [6.07, 6.45) is 5.83. The van der Waals surface area contributed by atoms with E-state index in [1.165, 1.54) is 10.9 Å². The monoisotopic (exact) mass is 549 g/mol. The molecule has 5 aromatic rings. The maximum Gasteiger partial charge on any atom is 0.231 e. The molecule has 5 rings (SSSR count). The van der Waals surface area contributed by atoms with Gasteiger partial charge in [0.15, 0.2) is 8.24 Å². The van der Waals surface area contributed by atoms with Crippen LogP contribution in [0.4, 0.5) is 11.6 Å². The van der Waals surface area contributed by atoms with Gasteiger partial charge in [0.2, 0.25) is 11.8 Å². The number of rotatable bonds is 10. The summed E-state index contributed by atoms with van der Waals surface area (Å²) >= 11 is 0. The second-order valence-electron chi connectivity index (χ2n) is 11.3. The van der Waals surface area contributed by atoms with Crippen LogP contribution < -0.4 is 10.1 Å². The van der Waals surface area contributed by atoms with Crippen molar-refractivity contribution in [3.63, 3.8) is 0 Å². The van der Waals surface area contributed by atoms with Crippen molar-refractivity contribution in [3.05, 3.63) is 97.0 Å². The topological polar surface area (TPSA) is 64.9 Å². The molecule has 0 saturated heterocycles. The lowest BCUT2D eigenvalue weighted by Crippen LogP contribution is -2.51. The van der Waals surface area contributed by atoms with Gasteiger partial charge >= 0.3 is 0 Å². The lowest BCUT2D eigenvalue weighted by molar-refractivity contribution is 0.294. The van der Waals surface area contributed by atoms with Crippen LogP contribution in [0, 0.1) is 0 Å². The molecule has 0 amide bonds. The highest BCUT2D eigenvalue weighted by molar-refractivity contribution is 6.82. The molecular weight excluding hydrogens is 510 g/mol. The molecule has 40 heavy (non-hydrogen) atoms. The molecule has 6 nitrogen and oxygen atoms in total. The molecule has 3 aromatic heterocycles. The Morgan fingerprint density at radius 1 is 0.825 bits per heavy atom. The smallest absolute Gasteiger partial charge is 0.231 e. The van der Waals surface area contributed by atoms with Crippen LogP contribution in [0.2, 0.25) is 16.6 Å². The largest absolute Gasteiger partial charge is 0.473 e. The number of ether oxygens (including phenoxy) is 1. The Balaban J connectivity index is 1.61. The van der Waals surface area contributed by atoms with E-state index >= 15 is 0 Å². The fourth-order valence-corrected chi connectivity index (χ4v) is 13.2. The van der Waals surface area contributed by atoms with Crippen LogP contribution in [0.15, 0.2) is 91.4 Å². The SMILES string of the molecule is CC(C)[Si](C(C)C)(C(C)C)n1ccc2c(-c3cc(OCc4ccccc4)nc(Nc4cccnc4)n3)cccc21. The van der Waals surface area contributed by atoms with Crippen molar-refractivity contribution >= 4 is 30.8 Å². The first kappa shape index (κ1) is 27.6. The van der Waals surface area contributed by atoms with Gasteiger partial charge in [-0.25, -0.2) is 4.98 Å². The summed E-state index contributed by atoms with van der Waals surface area (Å²) in [4.78, 5) is 13.9. The van der Waals surface area contributed by atoms with E-state index in [-0.39, 0.29) is 0 Å². The molecule has 2 aromatic carbocycles. The van der Waals surface area contributed by atoms with E-state index < -0.39 is 8.24 Å². The molecule has 0 fully saturated rings. The van der Waals surface area contributed by atoms with Gasteiger partial charge in [0, 0.05) is 28.7 Å². The van der Waals surface area contributed by atoms with Crippen LogP contribution in [0.1, 0.15) is 47.1 Å². The van der Waals surface area contributed by atoms with Crippen molar-refractivity contribution < 1.29 is 4.74 Å². The molecule has 0 radical (unpaired) electrons. The molecule has 206 valence electrons. The van der Waals surface area contributed by atoms with Gasteiger partial charge in [0.25, 0.3) is 0 Å². The van der Waals surface area contributed by atoms with E-state index in [2.05, 4.69) is 98.7 Å². The minimum atomic E-state index is -1.92. The van der Waals surface area contributed by atoms with Crippen molar-refractivity contribution in [2.75, 3.05) is 5.32 Å². The number of anilines is 2. The van der Waals surface area contributed by atoms with Crippen LogP contribution in [0.25, 0.3) is 22.2 Å². The molecule has 3 heterocycles. The number of aromatic nitrogens is 4. The highest BCUT2D eigenvalue weighted by Crippen LogP contribution is 2.45. The van der Waals surface area contributed by atoms with Gasteiger partial charge < -0.3 is 14.3 Å². The normalized spacial score (nSPS) is 12.0. The Hall–Kier alpha value is -3.97. The van der Waals surface area contributed by atoms with Crippen LogP contribution in [-0.2, 0) is 6.61 Å². The van der Waals surface area contributed by atoms with Crippen LogP contribution >= 0.6 is 0 Å². The summed E-state index contributed by atoms with van der Waals surface area (Å²) in [5.74, 6) is 0.993. The van der Waals surface area contributed by atoms with E-state index in [4.69, 9.17) is 14.7 Å². The minimum absolute atomic E-state index is 0.426. The second kappa shape index (κ2) is 11.6. The van der Waals surface area contributed by atoms with Crippen molar-refractivity contribution in [1.29, 1.82) is 0 Å². The molecular formula is C33H39N5OSi. The van der Waals surface area contributed by atoms with Crippen molar-refractivity contribution in [2.45, 2.75) is 64.8 Å². The van der Waals surface area contributed by atoms with Gasteiger partial charge in [-0.05, 0) is 52.6 Å². The Morgan fingerprint density at radius 2 is 1.57 bits per heavy atom. The van der Waals surface area contributed by atoms with Crippen LogP contribution in [0.3, 0.4) is 0 Å². The molecule has 1 N–H and O–H groups in total. The van der Waals surface area contributed by atoms with E-state index in [0.29, 0.717) is 35.1 Å². The van der Waals surface area contributed by atoms with Gasteiger partial charge in [0.1, 0.15) is 6.61 Å². The van der Waals surface area contributed by atoms with E-state index in [1.54, 1.807) is 12.4 Å². The van der Waals surface area contributed by atoms with E-state index in [0.717, 1.165) is 22.5 Å². The first-order chi connectivity index (χ1) is 19.3. The molecule has 0 unspecified atom stereocenters. The molecule has 0 aliphatic carbocycles. The van der Waals surface area contributed by atoms with Gasteiger partial charge in [-0.1, -0.05) is 84.0 Å². The van der Waals surface area contributed by atoms with Crippen molar-refractivity contribution in [2.24, 2.45) is 0 Å². The second-order valence-corrected chi connectivity index (χ2v) is 17.1. The third kappa shape index (κ3) is 5.26. The average molecular weight is 550 g/mol. The number of pyridine rings is 1. The molecule has 0 saturated carbocycles. The zero-order chi connectivity index (χ0) is 28.3. The summed E-state index contributed by atoms with van der Waals surface area (Å²) in [6, 6.07) is 24.7. The molecule has 7 heteroatoms. The third-order valence-corrected chi connectivity index (χ3v) is 14.8. The van der Waals surface area contributed by atoms with Crippen molar-refractivity contribution in [1.82, 2.24) is 19.2 Å². The highest BCUT2D eigenvalue weighted by Gasteiger charge is 2.45. The van der Waals surface area contributed by atoms with Gasteiger partial charge in [-0.3, -0.25) is 4.98 Å². The lowest BCUT2D eigenvalue weighted by atomic mass is 10.1. The summed E-state index contributed by atoms with van der Waals surface area (Å²) in [5.41, 5.74) is 6.85. The fraction of sp³-hybridized carbons (Fsp3) is 0.303. The standard InChI is InChI=1S/C33H39N5OSi/c1-23(2)40(24(3)4,25(5)6)38-19-17-29-28(15-10-16-31(29)38)30-20-32(39-22-26-12-8-7-9-13-26)37-33(36-30)35-27-14-11-18-34-21-27/h7-21,23-25H,22H2,1-6H3,(H,35,36,37). The van der Waals surface area contributed by atoms with Gasteiger partial charge in [0.05, 0.1) is 17.6 Å². The van der Waals surface area contributed by atoms with Gasteiger partial charge in [-0.15, -0.1) is 0 Å². The third-order valence-electron chi connectivity index (χ3n) is 8.05. The molecule has 0 aliphatic heterocycles. The van der Waals surface area contributed by atoms with E-state index in [1.807, 2.05) is 36.4 Å². The minimum Gasteiger partial charge on any atom is -0.473 e. The zero-order valence-corrected chi connectivity index (χ0v) is 25.3. The Labute approximate surface area is 238 Å². The number of hydrogen-bond donors (Lipinski definition) is 1. The Morgan fingerprint density at radius 3 is 2.25 bits per heavy atom. The number of hydrogen-bond acceptors (Lipinski definition) is 5. The maximum atomic E-state index is 6.19. The number of nitrogens with one attached hydrogen (secondary N) is 1. The Bertz CT molecular complexity index is 1540. The van der Waals surface area contributed by atoms with Gasteiger partial charge in [-0.2, -0.15) is 4.98 Å². The quantitative estimate of drug-likeness (QED) is 0.176. The summed E-state index contributed by atoms with van der Waals surface area (Å²) < 4.78 is 8.84. The average Bonchev–Trinajstić information content (AvgIpc) is 3.37. The zero-order valence-electron chi connectivity index (χ0n) is 24.3. The summed E-state index contributed by atoms with van der Waals surface area (Å²) in [5, 5.41) is 4.51. The van der Waals surface area contributed by atoms with E-state index in [9.17, 15) is 0 Å². The predicted octanol–water partition coefficient (Wildman–Crippen LogP) is 8.84. The van der Waals surface area contributed by atoms with Crippen LogP contribution in [0.5, 0.6) is 5.88 Å². The predicted molar refractivity (Wildman–Crippen MR) is 168 cm³/mol. The Kier molecular flexibility index (Phi) is 8.03. The number of fused-ring (bicyclic) bond motifs is 1. The summed E-state index contributed by atoms with van der Waals surface area (Å²) in [7, 11) is -1.92. The number of nitrogens with zero attached hydrogens (tertiary/aromatic N) is 4. The lowest BCUT2D eigenvalue weighted by Gasteiger charge is -2.44. The molecule has 0 atom stereocenters. The number of benzene rings is 2.